The fourth-order valence-electron chi connectivity index (χ4n) is 4.43. The van der Waals surface area contributed by atoms with Gasteiger partial charge in [-0.2, -0.15) is 4.31 Å². The maximum absolute atomic E-state index is 13.5. The van der Waals surface area contributed by atoms with Crippen LogP contribution in [0.5, 0.6) is 0 Å². The Morgan fingerprint density at radius 2 is 1.54 bits per heavy atom. The van der Waals surface area contributed by atoms with Gasteiger partial charge in [0.2, 0.25) is 21.8 Å². The second-order valence-electron chi connectivity index (χ2n) is 8.95. The van der Waals surface area contributed by atoms with E-state index in [9.17, 15) is 18.5 Å². The van der Waals surface area contributed by atoms with Gasteiger partial charge >= 0.3 is 0 Å². The maximum atomic E-state index is 13.5. The summed E-state index contributed by atoms with van der Waals surface area (Å²) in [6.07, 6.45) is 0. The van der Waals surface area contributed by atoms with Gasteiger partial charge in [0.1, 0.15) is 0 Å². The maximum Gasteiger partial charge on any atom is 0.269 e. The molecular formula is C24H29N5O5S. The van der Waals surface area contributed by atoms with E-state index in [1.165, 1.54) is 12.1 Å². The highest BCUT2D eigenvalue weighted by molar-refractivity contribution is 7.89. The quantitative estimate of drug-likeness (QED) is 0.369. The van der Waals surface area contributed by atoms with Gasteiger partial charge in [-0.05, 0) is 69.0 Å². The fraction of sp³-hybridized carbons (Fsp3) is 0.417. The van der Waals surface area contributed by atoms with Gasteiger partial charge in [-0.25, -0.2) is 8.42 Å². The van der Waals surface area contributed by atoms with E-state index >= 15 is 0 Å². The zero-order chi connectivity index (χ0) is 25.5. The number of non-ortho nitro benzene ring substituents is 1. The van der Waals surface area contributed by atoms with Gasteiger partial charge in [0.05, 0.1) is 15.9 Å². The van der Waals surface area contributed by atoms with E-state index in [-0.39, 0.29) is 17.6 Å². The zero-order valence-electron chi connectivity index (χ0n) is 20.5. The van der Waals surface area contributed by atoms with Crippen molar-refractivity contribution in [3.05, 3.63) is 68.6 Å². The Hall–Kier alpha value is -3.15. The molecule has 1 atom stereocenters. The molecule has 35 heavy (non-hydrogen) atoms. The van der Waals surface area contributed by atoms with E-state index in [0.717, 1.165) is 22.3 Å². The van der Waals surface area contributed by atoms with E-state index in [2.05, 4.69) is 15.1 Å². The Morgan fingerprint density at radius 1 is 0.971 bits per heavy atom. The molecule has 0 spiro atoms. The number of piperazine rings is 1. The van der Waals surface area contributed by atoms with E-state index < -0.39 is 14.9 Å². The van der Waals surface area contributed by atoms with Crippen LogP contribution >= 0.6 is 0 Å². The number of hydrogen-bond donors (Lipinski definition) is 0. The molecule has 2 aromatic carbocycles. The van der Waals surface area contributed by atoms with Crippen molar-refractivity contribution in [2.75, 3.05) is 26.2 Å². The van der Waals surface area contributed by atoms with Crippen LogP contribution in [-0.4, -0.2) is 58.9 Å². The summed E-state index contributed by atoms with van der Waals surface area (Å²) in [5.41, 5.74) is 4.12. The highest BCUT2D eigenvalue weighted by Crippen LogP contribution is 2.31. The monoisotopic (exact) mass is 499 g/mol. The van der Waals surface area contributed by atoms with Crippen LogP contribution in [0, 0.1) is 37.8 Å². The largest absolute Gasteiger partial charge is 0.419 e. The van der Waals surface area contributed by atoms with Crippen molar-refractivity contribution >= 4 is 15.7 Å². The van der Waals surface area contributed by atoms with E-state index in [1.54, 1.807) is 16.4 Å². The molecule has 0 amide bonds. The van der Waals surface area contributed by atoms with Crippen molar-refractivity contribution in [3.63, 3.8) is 0 Å². The molecule has 1 aliphatic rings. The average molecular weight is 500 g/mol. The highest BCUT2D eigenvalue weighted by atomic mass is 32.2. The molecule has 2 heterocycles. The number of aryl methyl sites for hydroxylation is 2. The first kappa shape index (κ1) is 25.0. The Balaban J connectivity index is 1.46. The molecule has 0 radical (unpaired) electrons. The summed E-state index contributed by atoms with van der Waals surface area (Å²) in [5, 5.41) is 19.1. The summed E-state index contributed by atoms with van der Waals surface area (Å²) in [4.78, 5) is 12.9. The topological polar surface area (TPSA) is 123 Å². The van der Waals surface area contributed by atoms with Gasteiger partial charge in [-0.3, -0.25) is 15.0 Å². The first-order valence-electron chi connectivity index (χ1n) is 11.4. The number of sulfonamides is 1. The number of aromatic nitrogens is 2. The molecule has 0 N–H and O–H groups in total. The van der Waals surface area contributed by atoms with Crippen molar-refractivity contribution in [2.24, 2.45) is 0 Å². The summed E-state index contributed by atoms with van der Waals surface area (Å²) in [6.45, 7) is 11.3. The number of benzene rings is 2. The van der Waals surface area contributed by atoms with Crippen LogP contribution in [0.1, 0.15) is 41.1 Å². The van der Waals surface area contributed by atoms with Gasteiger partial charge in [0, 0.05) is 43.9 Å². The Bertz CT molecular complexity index is 1330. The molecule has 1 unspecified atom stereocenters. The van der Waals surface area contributed by atoms with Gasteiger partial charge in [0.15, 0.2) is 0 Å². The van der Waals surface area contributed by atoms with Crippen LogP contribution in [0.2, 0.25) is 0 Å². The van der Waals surface area contributed by atoms with Crippen LogP contribution in [-0.2, 0) is 10.0 Å². The lowest BCUT2D eigenvalue weighted by Crippen LogP contribution is -2.49. The van der Waals surface area contributed by atoms with Gasteiger partial charge in [0.25, 0.3) is 5.69 Å². The number of nitrogens with zero attached hydrogens (tertiary/aromatic N) is 5. The van der Waals surface area contributed by atoms with Crippen LogP contribution in [0.15, 0.2) is 39.6 Å². The van der Waals surface area contributed by atoms with Gasteiger partial charge in [-0.1, -0.05) is 6.07 Å². The number of nitro groups is 1. The third kappa shape index (κ3) is 4.71. The minimum atomic E-state index is -3.62. The molecule has 0 bridgehead atoms. The van der Waals surface area contributed by atoms with Crippen molar-refractivity contribution in [1.29, 1.82) is 0 Å². The molecule has 1 aliphatic heterocycles. The van der Waals surface area contributed by atoms with Crippen molar-refractivity contribution in [3.8, 4) is 11.5 Å². The lowest BCUT2D eigenvalue weighted by atomic mass is 10.0. The summed E-state index contributed by atoms with van der Waals surface area (Å²) in [5.74, 6) is 0.694. The molecule has 186 valence electrons. The molecule has 4 rings (SSSR count). The first-order valence-corrected chi connectivity index (χ1v) is 12.8. The van der Waals surface area contributed by atoms with Crippen molar-refractivity contribution < 1.29 is 17.8 Å². The summed E-state index contributed by atoms with van der Waals surface area (Å²) in [7, 11) is -3.62. The normalized spacial score (nSPS) is 16.4. The highest BCUT2D eigenvalue weighted by Gasteiger charge is 2.34. The van der Waals surface area contributed by atoms with Crippen LogP contribution in [0.25, 0.3) is 11.5 Å². The predicted molar refractivity (Wildman–Crippen MR) is 131 cm³/mol. The summed E-state index contributed by atoms with van der Waals surface area (Å²) in [6, 6.07) is 7.74. The third-order valence-electron chi connectivity index (χ3n) is 6.84. The lowest BCUT2D eigenvalue weighted by molar-refractivity contribution is -0.384. The zero-order valence-corrected chi connectivity index (χ0v) is 21.3. The molecular weight excluding hydrogens is 470 g/mol. The second kappa shape index (κ2) is 9.48. The molecule has 0 saturated carbocycles. The van der Waals surface area contributed by atoms with E-state index in [1.807, 2.05) is 40.7 Å². The van der Waals surface area contributed by atoms with Gasteiger partial charge in [-0.15, -0.1) is 10.2 Å². The SMILES string of the molecule is Cc1cc(C)c(C)c(S(=O)(=O)N2CCN(C(C)c3nnc(-c4ccc([N+](=O)[O-])cc4)o3)CC2)c1C. The fourth-order valence-corrected chi connectivity index (χ4v) is 6.43. The molecule has 3 aromatic rings. The summed E-state index contributed by atoms with van der Waals surface area (Å²) >= 11 is 0. The Morgan fingerprint density at radius 3 is 2.09 bits per heavy atom. The molecule has 1 saturated heterocycles. The summed E-state index contributed by atoms with van der Waals surface area (Å²) < 4.78 is 34.5. The van der Waals surface area contributed by atoms with E-state index in [4.69, 9.17) is 4.42 Å². The van der Waals surface area contributed by atoms with Crippen LogP contribution < -0.4 is 0 Å². The average Bonchev–Trinajstić information content (AvgIpc) is 3.33. The molecule has 11 heteroatoms. The van der Waals surface area contributed by atoms with Crippen LogP contribution in [0.3, 0.4) is 0 Å². The first-order chi connectivity index (χ1) is 16.5. The Labute approximate surface area is 204 Å². The number of rotatable bonds is 6. The lowest BCUT2D eigenvalue weighted by Gasteiger charge is -2.36. The molecule has 1 aromatic heterocycles. The van der Waals surface area contributed by atoms with Crippen LogP contribution in [0.4, 0.5) is 5.69 Å². The third-order valence-corrected chi connectivity index (χ3v) is 9.01. The minimum Gasteiger partial charge on any atom is -0.419 e. The molecule has 1 fully saturated rings. The standard InChI is InChI=1S/C24H29N5O5S/c1-15-14-16(2)18(4)22(17(15)3)35(32,33)28-12-10-27(11-13-28)19(5)23-25-26-24(34-23)20-6-8-21(9-7-20)29(30)31/h6-9,14,19H,10-13H2,1-5H3. The smallest absolute Gasteiger partial charge is 0.269 e. The molecule has 10 nitrogen and oxygen atoms in total. The Kier molecular flexibility index (Phi) is 6.76. The van der Waals surface area contributed by atoms with Crippen molar-refractivity contribution in [2.45, 2.75) is 45.6 Å². The molecule has 0 aliphatic carbocycles. The number of hydrogen-bond acceptors (Lipinski definition) is 8. The minimum absolute atomic E-state index is 0.0131. The predicted octanol–water partition coefficient (Wildman–Crippen LogP) is 3.95. The van der Waals surface area contributed by atoms with E-state index in [0.29, 0.717) is 42.5 Å². The van der Waals surface area contributed by atoms with Gasteiger partial charge < -0.3 is 4.42 Å². The second-order valence-corrected chi connectivity index (χ2v) is 10.8. The number of nitro benzene ring substituents is 1. The van der Waals surface area contributed by atoms with Crippen molar-refractivity contribution in [1.82, 2.24) is 19.4 Å².